The van der Waals surface area contributed by atoms with Crippen molar-refractivity contribution in [3.8, 4) is 0 Å². The molecule has 0 aromatic heterocycles. The second kappa shape index (κ2) is 3.11. The first-order valence-electron chi connectivity index (χ1n) is 4.54. The third-order valence-corrected chi connectivity index (χ3v) is 2.61. The second-order valence-corrected chi connectivity index (χ2v) is 4.31. The predicted octanol–water partition coefficient (Wildman–Crippen LogP) is 1.07. The minimum absolute atomic E-state index is 0.330. The fourth-order valence-corrected chi connectivity index (χ4v) is 1.79. The van der Waals surface area contributed by atoms with E-state index in [1.807, 2.05) is 0 Å². The zero-order valence-electron chi connectivity index (χ0n) is 7.93. The van der Waals surface area contributed by atoms with E-state index in [2.05, 4.69) is 25.7 Å². The lowest BCUT2D eigenvalue weighted by atomic mass is 9.79. The van der Waals surface area contributed by atoms with Crippen molar-refractivity contribution in [2.24, 2.45) is 11.1 Å². The highest BCUT2D eigenvalue weighted by Gasteiger charge is 2.36. The Morgan fingerprint density at radius 1 is 1.55 bits per heavy atom. The molecule has 1 aliphatic rings. The molecule has 2 heteroatoms. The summed E-state index contributed by atoms with van der Waals surface area (Å²) in [5.74, 6) is 0. The standard InChI is InChI=1S/C9H20N2/c1-4-9(3)6-11(7-9)5-8(2)10/h8H,4-7,10H2,1-3H3. The van der Waals surface area contributed by atoms with Crippen molar-refractivity contribution in [2.75, 3.05) is 19.6 Å². The van der Waals surface area contributed by atoms with Crippen LogP contribution < -0.4 is 5.73 Å². The molecule has 1 saturated heterocycles. The van der Waals surface area contributed by atoms with Gasteiger partial charge in [-0.15, -0.1) is 0 Å². The molecular formula is C9H20N2. The van der Waals surface area contributed by atoms with Gasteiger partial charge in [0.2, 0.25) is 0 Å². The van der Waals surface area contributed by atoms with Crippen LogP contribution in [-0.4, -0.2) is 30.6 Å². The van der Waals surface area contributed by atoms with E-state index in [-0.39, 0.29) is 0 Å². The maximum absolute atomic E-state index is 5.69. The van der Waals surface area contributed by atoms with Gasteiger partial charge < -0.3 is 10.6 Å². The van der Waals surface area contributed by atoms with Crippen LogP contribution in [0.1, 0.15) is 27.2 Å². The highest BCUT2D eigenvalue weighted by atomic mass is 15.2. The van der Waals surface area contributed by atoms with Gasteiger partial charge in [0.1, 0.15) is 0 Å². The molecule has 0 saturated carbocycles. The number of likely N-dealkylation sites (tertiary alicyclic amines) is 1. The Hall–Kier alpha value is -0.0800. The Labute approximate surface area is 69.8 Å². The Bertz CT molecular complexity index is 126. The maximum atomic E-state index is 5.69. The van der Waals surface area contributed by atoms with Crippen molar-refractivity contribution in [3.63, 3.8) is 0 Å². The molecule has 1 aliphatic heterocycles. The van der Waals surface area contributed by atoms with E-state index in [1.165, 1.54) is 19.5 Å². The minimum Gasteiger partial charge on any atom is -0.327 e. The van der Waals surface area contributed by atoms with Gasteiger partial charge in [-0.2, -0.15) is 0 Å². The van der Waals surface area contributed by atoms with E-state index < -0.39 is 0 Å². The van der Waals surface area contributed by atoms with Crippen LogP contribution in [0.3, 0.4) is 0 Å². The average Bonchev–Trinajstić information content (AvgIpc) is 1.83. The molecule has 0 aromatic carbocycles. The molecule has 1 atom stereocenters. The molecule has 0 radical (unpaired) electrons. The summed E-state index contributed by atoms with van der Waals surface area (Å²) in [4.78, 5) is 2.44. The van der Waals surface area contributed by atoms with Crippen LogP contribution in [0.2, 0.25) is 0 Å². The van der Waals surface area contributed by atoms with Crippen LogP contribution >= 0.6 is 0 Å². The predicted molar refractivity (Wildman–Crippen MR) is 48.5 cm³/mol. The summed E-state index contributed by atoms with van der Waals surface area (Å²) >= 11 is 0. The van der Waals surface area contributed by atoms with Crippen molar-refractivity contribution < 1.29 is 0 Å². The van der Waals surface area contributed by atoms with Crippen LogP contribution in [0.5, 0.6) is 0 Å². The lowest BCUT2D eigenvalue weighted by molar-refractivity contribution is 0.00991. The summed E-state index contributed by atoms with van der Waals surface area (Å²) in [6.45, 7) is 10.2. The largest absolute Gasteiger partial charge is 0.327 e. The first-order chi connectivity index (χ1) is 5.06. The molecule has 1 fully saturated rings. The molecule has 2 N–H and O–H groups in total. The van der Waals surface area contributed by atoms with E-state index in [0.29, 0.717) is 11.5 Å². The SMILES string of the molecule is CCC1(C)CN(CC(C)N)C1. The smallest absolute Gasteiger partial charge is 0.0139 e. The van der Waals surface area contributed by atoms with Gasteiger partial charge in [-0.1, -0.05) is 13.8 Å². The number of hydrogen-bond acceptors (Lipinski definition) is 2. The Balaban J connectivity index is 2.18. The first-order valence-corrected chi connectivity index (χ1v) is 4.54. The van der Waals surface area contributed by atoms with Crippen LogP contribution in [0.4, 0.5) is 0 Å². The van der Waals surface area contributed by atoms with Gasteiger partial charge >= 0.3 is 0 Å². The molecule has 0 aliphatic carbocycles. The summed E-state index contributed by atoms with van der Waals surface area (Å²) < 4.78 is 0. The number of nitrogens with two attached hydrogens (primary N) is 1. The van der Waals surface area contributed by atoms with Crippen molar-refractivity contribution in [2.45, 2.75) is 33.2 Å². The fraction of sp³-hybridized carbons (Fsp3) is 1.00. The number of hydrogen-bond donors (Lipinski definition) is 1. The topological polar surface area (TPSA) is 29.3 Å². The summed E-state index contributed by atoms with van der Waals surface area (Å²) in [6, 6.07) is 0.330. The molecule has 11 heavy (non-hydrogen) atoms. The lowest BCUT2D eigenvalue weighted by Gasteiger charge is -2.48. The summed E-state index contributed by atoms with van der Waals surface area (Å²) in [5, 5.41) is 0. The monoisotopic (exact) mass is 156 g/mol. The third kappa shape index (κ3) is 2.17. The average molecular weight is 156 g/mol. The van der Waals surface area contributed by atoms with Gasteiger partial charge in [-0.25, -0.2) is 0 Å². The highest BCUT2D eigenvalue weighted by molar-refractivity contribution is 4.90. The first kappa shape index (κ1) is 9.01. The Kier molecular flexibility index (Phi) is 2.55. The van der Waals surface area contributed by atoms with Crippen molar-refractivity contribution in [1.82, 2.24) is 4.90 Å². The maximum Gasteiger partial charge on any atom is 0.0139 e. The van der Waals surface area contributed by atoms with Gasteiger partial charge in [0.15, 0.2) is 0 Å². The van der Waals surface area contributed by atoms with Gasteiger partial charge in [-0.05, 0) is 18.8 Å². The highest BCUT2D eigenvalue weighted by Crippen LogP contribution is 2.32. The molecule has 2 nitrogen and oxygen atoms in total. The van der Waals surface area contributed by atoms with Gasteiger partial charge in [-0.3, -0.25) is 0 Å². The molecule has 0 bridgehead atoms. The molecule has 0 aromatic rings. The zero-order valence-corrected chi connectivity index (χ0v) is 7.93. The van der Waals surface area contributed by atoms with Crippen LogP contribution in [0.25, 0.3) is 0 Å². The summed E-state index contributed by atoms with van der Waals surface area (Å²) in [6.07, 6.45) is 1.29. The Morgan fingerprint density at radius 3 is 2.45 bits per heavy atom. The van der Waals surface area contributed by atoms with E-state index >= 15 is 0 Å². The normalized spacial score (nSPS) is 26.2. The molecule has 1 unspecified atom stereocenters. The molecular weight excluding hydrogens is 136 g/mol. The summed E-state index contributed by atoms with van der Waals surface area (Å²) in [7, 11) is 0. The zero-order chi connectivity index (χ0) is 8.48. The van der Waals surface area contributed by atoms with Crippen LogP contribution in [0.15, 0.2) is 0 Å². The van der Waals surface area contributed by atoms with Gasteiger partial charge in [0.25, 0.3) is 0 Å². The van der Waals surface area contributed by atoms with Crippen molar-refractivity contribution in [3.05, 3.63) is 0 Å². The van der Waals surface area contributed by atoms with E-state index in [4.69, 9.17) is 5.73 Å². The minimum atomic E-state index is 0.330. The van der Waals surface area contributed by atoms with Gasteiger partial charge in [0, 0.05) is 25.7 Å². The fourth-order valence-electron chi connectivity index (χ4n) is 1.79. The molecule has 0 spiro atoms. The van der Waals surface area contributed by atoms with Crippen molar-refractivity contribution in [1.29, 1.82) is 0 Å². The third-order valence-electron chi connectivity index (χ3n) is 2.61. The summed E-state index contributed by atoms with van der Waals surface area (Å²) in [5.41, 5.74) is 6.28. The lowest BCUT2D eigenvalue weighted by Crippen LogP contribution is -2.56. The van der Waals surface area contributed by atoms with Crippen molar-refractivity contribution >= 4 is 0 Å². The number of rotatable bonds is 3. The molecule has 66 valence electrons. The number of nitrogens with zero attached hydrogens (tertiary/aromatic N) is 1. The molecule has 0 amide bonds. The van der Waals surface area contributed by atoms with Crippen LogP contribution in [0, 0.1) is 5.41 Å². The van der Waals surface area contributed by atoms with E-state index in [0.717, 1.165) is 6.54 Å². The molecule has 1 rings (SSSR count). The van der Waals surface area contributed by atoms with Gasteiger partial charge in [0.05, 0.1) is 0 Å². The van der Waals surface area contributed by atoms with E-state index in [9.17, 15) is 0 Å². The Morgan fingerprint density at radius 2 is 2.09 bits per heavy atom. The van der Waals surface area contributed by atoms with E-state index in [1.54, 1.807) is 0 Å². The second-order valence-electron chi connectivity index (χ2n) is 4.31. The molecule has 1 heterocycles. The quantitative estimate of drug-likeness (QED) is 0.662. The van der Waals surface area contributed by atoms with Crippen LogP contribution in [-0.2, 0) is 0 Å².